The summed E-state index contributed by atoms with van der Waals surface area (Å²) in [5, 5.41) is 10.6. The van der Waals surface area contributed by atoms with Crippen LogP contribution in [0, 0.1) is 23.7 Å². The third-order valence-corrected chi connectivity index (χ3v) is 21.7. The first-order valence-electron chi connectivity index (χ1n) is 42.3. The molecule has 0 amide bonds. The van der Waals surface area contributed by atoms with Crippen molar-refractivity contribution in [1.82, 2.24) is 0 Å². The lowest BCUT2D eigenvalue weighted by Gasteiger charge is -2.21. The number of unbranched alkanes of at least 4 members (excludes halogenated alkanes) is 43. The summed E-state index contributed by atoms with van der Waals surface area (Å²) in [5.74, 6) is 1.03. The van der Waals surface area contributed by atoms with Gasteiger partial charge in [0.1, 0.15) is 19.3 Å². The van der Waals surface area contributed by atoms with E-state index in [2.05, 4.69) is 55.4 Å². The summed E-state index contributed by atoms with van der Waals surface area (Å²) in [6.45, 7) is 14.3. The van der Waals surface area contributed by atoms with Crippen LogP contribution in [0.5, 0.6) is 0 Å². The average molecular weight is 1480 g/mol. The van der Waals surface area contributed by atoms with E-state index in [9.17, 15) is 43.2 Å². The highest BCUT2D eigenvalue weighted by Gasteiger charge is 2.30. The zero-order valence-electron chi connectivity index (χ0n) is 66.5. The Bertz CT molecular complexity index is 1980. The molecule has 3 N–H and O–H groups in total. The fourth-order valence-electron chi connectivity index (χ4n) is 12.5. The van der Waals surface area contributed by atoms with E-state index in [-0.39, 0.29) is 25.7 Å². The van der Waals surface area contributed by atoms with Gasteiger partial charge in [-0.1, -0.05) is 370 Å². The van der Waals surface area contributed by atoms with Crippen LogP contribution in [0.2, 0.25) is 0 Å². The van der Waals surface area contributed by atoms with Crippen LogP contribution in [0.3, 0.4) is 0 Å². The average Bonchev–Trinajstić information content (AvgIpc) is 0.922. The zero-order valence-corrected chi connectivity index (χ0v) is 68.3. The standard InChI is InChI=1S/C82H160O17P2/c1-9-74(7)60-52-44-36-27-23-19-15-13-11-12-14-16-21-25-29-39-48-56-64-82(87)99-78(69-93-80(85)63-55-47-41-33-35-43-51-59-73(5)6)71-97-101(90,91)95-67-76(83)66-94-100(88,89)96-70-77(68-92-79(84)62-54-46-38-32-31-34-42-50-58-72(3)4)98-81(86)65-57-49-40-30-26-22-18-17-20-24-28-37-45-53-61-75(8)10-2/h72-78,83H,9-71H2,1-8H3,(H,88,89)(H,90,91)/t74?,75?,76?,77-,78-/m1/s1. The summed E-state index contributed by atoms with van der Waals surface area (Å²) in [5.41, 5.74) is 0. The van der Waals surface area contributed by atoms with E-state index in [1.807, 2.05) is 0 Å². The first kappa shape index (κ1) is 99.1. The topological polar surface area (TPSA) is 237 Å². The predicted molar refractivity (Wildman–Crippen MR) is 414 cm³/mol. The Labute approximate surface area is 619 Å². The lowest BCUT2D eigenvalue weighted by atomic mass is 9.99. The number of hydrogen-bond acceptors (Lipinski definition) is 15. The monoisotopic (exact) mass is 1480 g/mol. The molecule has 0 rings (SSSR count). The van der Waals surface area contributed by atoms with Gasteiger partial charge in [-0.15, -0.1) is 0 Å². The van der Waals surface area contributed by atoms with E-state index in [4.69, 9.17) is 37.0 Å². The van der Waals surface area contributed by atoms with Crippen molar-refractivity contribution in [3.8, 4) is 0 Å². The van der Waals surface area contributed by atoms with Crippen LogP contribution in [0.25, 0.3) is 0 Å². The molecule has 0 aromatic heterocycles. The van der Waals surface area contributed by atoms with Gasteiger partial charge in [-0.25, -0.2) is 9.13 Å². The molecule has 0 aliphatic heterocycles. The number of rotatable bonds is 79. The van der Waals surface area contributed by atoms with E-state index in [1.54, 1.807) is 0 Å². The van der Waals surface area contributed by atoms with E-state index >= 15 is 0 Å². The van der Waals surface area contributed by atoms with Gasteiger partial charge in [-0.3, -0.25) is 37.3 Å². The maximum atomic E-state index is 13.1. The van der Waals surface area contributed by atoms with Gasteiger partial charge in [-0.05, 0) is 49.4 Å². The van der Waals surface area contributed by atoms with Gasteiger partial charge in [-0.2, -0.15) is 0 Å². The Morgan fingerprint density at radius 3 is 0.703 bits per heavy atom. The van der Waals surface area contributed by atoms with Crippen LogP contribution in [0.4, 0.5) is 0 Å². The summed E-state index contributed by atoms with van der Waals surface area (Å²) in [6.07, 6.45) is 58.4. The van der Waals surface area contributed by atoms with Crippen molar-refractivity contribution >= 4 is 39.5 Å². The molecule has 0 heterocycles. The second kappa shape index (κ2) is 71.0. The van der Waals surface area contributed by atoms with E-state index in [0.29, 0.717) is 31.6 Å². The minimum Gasteiger partial charge on any atom is -0.462 e. The zero-order chi connectivity index (χ0) is 74.6. The molecule has 0 aliphatic rings. The fraction of sp³-hybridized carbons (Fsp3) is 0.951. The lowest BCUT2D eigenvalue weighted by Crippen LogP contribution is -2.30. The number of ether oxygens (including phenoxy) is 4. The Balaban J connectivity index is 5.17. The summed E-state index contributed by atoms with van der Waals surface area (Å²) in [6, 6.07) is 0. The second-order valence-corrected chi connectivity index (χ2v) is 33.9. The molecule has 17 nitrogen and oxygen atoms in total. The largest absolute Gasteiger partial charge is 0.472 e. The van der Waals surface area contributed by atoms with Crippen LogP contribution < -0.4 is 0 Å². The molecule has 0 spiro atoms. The van der Waals surface area contributed by atoms with Crippen molar-refractivity contribution in [2.75, 3.05) is 39.6 Å². The van der Waals surface area contributed by atoms with E-state index < -0.39 is 97.5 Å². The summed E-state index contributed by atoms with van der Waals surface area (Å²) in [4.78, 5) is 73.0. The van der Waals surface area contributed by atoms with Gasteiger partial charge < -0.3 is 33.8 Å². The van der Waals surface area contributed by atoms with Crippen LogP contribution >= 0.6 is 15.6 Å². The third-order valence-electron chi connectivity index (χ3n) is 19.8. The molecule has 0 saturated carbocycles. The molecule has 101 heavy (non-hydrogen) atoms. The number of carbonyl (C=O) groups is 4. The normalized spacial score (nSPS) is 14.5. The Morgan fingerprint density at radius 1 is 0.277 bits per heavy atom. The van der Waals surface area contributed by atoms with Crippen molar-refractivity contribution in [3.63, 3.8) is 0 Å². The first-order valence-corrected chi connectivity index (χ1v) is 45.3. The van der Waals surface area contributed by atoms with Gasteiger partial charge in [0.05, 0.1) is 26.4 Å². The van der Waals surface area contributed by atoms with Crippen LogP contribution in [0.1, 0.15) is 421 Å². The van der Waals surface area contributed by atoms with Gasteiger partial charge in [0.25, 0.3) is 0 Å². The molecule has 0 saturated heterocycles. The molecule has 7 atom stereocenters. The molecule has 0 aromatic carbocycles. The smallest absolute Gasteiger partial charge is 0.462 e. The molecule has 0 radical (unpaired) electrons. The molecule has 0 fully saturated rings. The van der Waals surface area contributed by atoms with E-state index in [1.165, 1.54) is 218 Å². The van der Waals surface area contributed by atoms with Gasteiger partial charge in [0, 0.05) is 25.7 Å². The molecule has 5 unspecified atom stereocenters. The number of phosphoric acid groups is 2. The van der Waals surface area contributed by atoms with Crippen molar-refractivity contribution < 1.29 is 80.2 Å². The van der Waals surface area contributed by atoms with Gasteiger partial charge in [0.15, 0.2) is 12.2 Å². The molecule has 600 valence electrons. The fourth-order valence-corrected chi connectivity index (χ4v) is 14.1. The Kier molecular flexibility index (Phi) is 69.6. The highest BCUT2D eigenvalue weighted by atomic mass is 31.2. The summed E-state index contributed by atoms with van der Waals surface area (Å²) >= 11 is 0. The first-order chi connectivity index (χ1) is 48.7. The summed E-state index contributed by atoms with van der Waals surface area (Å²) < 4.78 is 68.7. The Hall–Kier alpha value is -1.94. The Morgan fingerprint density at radius 2 is 0.475 bits per heavy atom. The van der Waals surface area contributed by atoms with Crippen LogP contribution in [0.15, 0.2) is 0 Å². The second-order valence-electron chi connectivity index (χ2n) is 31.0. The number of phosphoric ester groups is 2. The number of carbonyl (C=O) groups excluding carboxylic acids is 4. The van der Waals surface area contributed by atoms with Crippen molar-refractivity contribution in [2.24, 2.45) is 23.7 Å². The minimum absolute atomic E-state index is 0.107. The number of hydrogen-bond donors (Lipinski definition) is 3. The number of aliphatic hydroxyl groups excluding tert-OH is 1. The van der Waals surface area contributed by atoms with Crippen LogP contribution in [-0.4, -0.2) is 96.7 Å². The molecular weight excluding hydrogens is 1320 g/mol. The minimum atomic E-state index is -4.96. The van der Waals surface area contributed by atoms with Crippen LogP contribution in [-0.2, 0) is 65.4 Å². The quantitative estimate of drug-likeness (QED) is 0.0222. The van der Waals surface area contributed by atoms with Gasteiger partial charge in [0.2, 0.25) is 0 Å². The van der Waals surface area contributed by atoms with Crippen molar-refractivity contribution in [1.29, 1.82) is 0 Å². The highest BCUT2D eigenvalue weighted by Crippen LogP contribution is 2.45. The van der Waals surface area contributed by atoms with E-state index in [0.717, 1.165) is 114 Å². The third kappa shape index (κ3) is 73.4. The maximum absolute atomic E-state index is 13.1. The maximum Gasteiger partial charge on any atom is 0.472 e. The number of esters is 4. The van der Waals surface area contributed by atoms with Crippen molar-refractivity contribution in [2.45, 2.75) is 440 Å². The molecular formula is C82H160O17P2. The predicted octanol–water partition coefficient (Wildman–Crippen LogP) is 24.4. The SMILES string of the molecule is CCC(C)CCCCCCCCCCCCCCCCCCCCC(=O)O[C@H](COC(=O)CCCCCCCCCC(C)C)COP(=O)(O)OCC(O)COP(=O)(O)OC[C@@H](COC(=O)CCCCCCCCCCC(C)C)OC(=O)CCCCCCCCCCCCCCCCC(C)CC. The number of aliphatic hydroxyl groups is 1. The van der Waals surface area contributed by atoms with Gasteiger partial charge >= 0.3 is 39.5 Å². The van der Waals surface area contributed by atoms with Crippen molar-refractivity contribution in [3.05, 3.63) is 0 Å². The molecule has 0 aromatic rings. The molecule has 19 heteroatoms. The summed E-state index contributed by atoms with van der Waals surface area (Å²) in [7, 11) is -9.92. The highest BCUT2D eigenvalue weighted by molar-refractivity contribution is 7.47. The molecule has 0 aliphatic carbocycles. The molecule has 0 bridgehead atoms. The lowest BCUT2D eigenvalue weighted by molar-refractivity contribution is -0.161.